The number of carbonyl (C=O) groups excluding carboxylic acids is 1. The van der Waals surface area contributed by atoms with Crippen molar-refractivity contribution in [3.63, 3.8) is 0 Å². The molecule has 3 aromatic rings. The molecule has 2 N–H and O–H groups in total. The van der Waals surface area contributed by atoms with E-state index in [4.69, 9.17) is 0 Å². The molecule has 1 aromatic carbocycles. The van der Waals surface area contributed by atoms with Gasteiger partial charge in [-0.05, 0) is 47.2 Å². The molecule has 2 aromatic heterocycles. The van der Waals surface area contributed by atoms with E-state index in [1.165, 1.54) is 41.5 Å². The Balaban J connectivity index is 1.52. The normalized spacial score (nSPS) is 15.1. The zero-order valence-electron chi connectivity index (χ0n) is 14.4. The Morgan fingerprint density at radius 3 is 2.85 bits per heavy atom. The molecule has 8 nitrogen and oxygen atoms in total. The minimum absolute atomic E-state index is 0.158. The van der Waals surface area contributed by atoms with Gasteiger partial charge in [0, 0.05) is 5.69 Å². The highest BCUT2D eigenvalue weighted by Crippen LogP contribution is 2.22. The minimum atomic E-state index is -0.608. The fourth-order valence-corrected chi connectivity index (χ4v) is 3.49. The summed E-state index contributed by atoms with van der Waals surface area (Å²) in [5.41, 5.74) is 4.24. The van der Waals surface area contributed by atoms with Crippen LogP contribution in [0, 0.1) is 0 Å². The fourth-order valence-electron chi connectivity index (χ4n) is 3.49. The number of H-pyrrole nitrogens is 1. The lowest BCUT2D eigenvalue weighted by Crippen LogP contribution is -2.33. The summed E-state index contributed by atoms with van der Waals surface area (Å²) in [6.07, 6.45) is 7.11. The van der Waals surface area contributed by atoms with Crippen LogP contribution in [0.1, 0.15) is 47.8 Å². The topological polar surface area (TPSA) is 101 Å². The maximum absolute atomic E-state index is 12.9. The van der Waals surface area contributed by atoms with Crippen molar-refractivity contribution in [3.05, 3.63) is 59.2 Å². The number of amides is 1. The van der Waals surface area contributed by atoms with E-state index in [9.17, 15) is 4.79 Å². The van der Waals surface area contributed by atoms with E-state index < -0.39 is 6.04 Å². The number of nitrogens with zero attached hydrogens (tertiary/aromatic N) is 5. The quantitative estimate of drug-likeness (QED) is 0.680. The number of benzene rings is 1. The molecule has 1 aliphatic rings. The number of nitrogens with one attached hydrogen (secondary N) is 2. The molecule has 0 fully saturated rings. The third kappa shape index (κ3) is 3.35. The third-order valence-corrected chi connectivity index (χ3v) is 4.82. The van der Waals surface area contributed by atoms with Gasteiger partial charge in [-0.2, -0.15) is 5.10 Å². The van der Waals surface area contributed by atoms with Crippen molar-refractivity contribution in [2.75, 3.05) is 0 Å². The van der Waals surface area contributed by atoms with E-state index in [1.807, 2.05) is 30.3 Å². The minimum Gasteiger partial charge on any atom is -0.348 e. The molecule has 26 heavy (non-hydrogen) atoms. The van der Waals surface area contributed by atoms with E-state index in [2.05, 4.69) is 31.0 Å². The van der Waals surface area contributed by atoms with Crippen molar-refractivity contribution in [2.24, 2.45) is 0 Å². The van der Waals surface area contributed by atoms with Gasteiger partial charge in [0.1, 0.15) is 6.33 Å². The molecule has 1 amide bonds. The SMILES string of the molecule is O=C(NCc1n[nH]c2c1CCCCC2)[C@@H](c1ccccc1)n1cnnn1. The van der Waals surface area contributed by atoms with Gasteiger partial charge in [0.05, 0.1) is 12.2 Å². The molecule has 0 aliphatic heterocycles. The first kappa shape index (κ1) is 16.4. The number of tetrazole rings is 1. The highest BCUT2D eigenvalue weighted by atomic mass is 16.2. The number of aromatic nitrogens is 6. The molecule has 1 atom stereocenters. The van der Waals surface area contributed by atoms with E-state index in [0.717, 1.165) is 24.1 Å². The van der Waals surface area contributed by atoms with E-state index in [-0.39, 0.29) is 5.91 Å². The van der Waals surface area contributed by atoms with Gasteiger partial charge in [0.15, 0.2) is 6.04 Å². The number of hydrogen-bond acceptors (Lipinski definition) is 5. The Hall–Kier alpha value is -3.03. The van der Waals surface area contributed by atoms with Gasteiger partial charge < -0.3 is 5.32 Å². The number of aryl methyl sites for hydroxylation is 1. The van der Waals surface area contributed by atoms with Crippen molar-refractivity contribution in [2.45, 2.75) is 44.7 Å². The first-order valence-electron chi connectivity index (χ1n) is 8.93. The third-order valence-electron chi connectivity index (χ3n) is 4.82. The zero-order chi connectivity index (χ0) is 17.8. The van der Waals surface area contributed by atoms with Crippen LogP contribution in [0.3, 0.4) is 0 Å². The van der Waals surface area contributed by atoms with Crippen molar-refractivity contribution in [1.29, 1.82) is 0 Å². The van der Waals surface area contributed by atoms with Gasteiger partial charge in [-0.25, -0.2) is 4.68 Å². The van der Waals surface area contributed by atoms with Gasteiger partial charge in [-0.1, -0.05) is 36.8 Å². The summed E-state index contributed by atoms with van der Waals surface area (Å²) < 4.78 is 1.47. The van der Waals surface area contributed by atoms with Crippen LogP contribution in [0.15, 0.2) is 36.7 Å². The summed E-state index contributed by atoms with van der Waals surface area (Å²) in [5.74, 6) is -0.158. The van der Waals surface area contributed by atoms with Crippen LogP contribution in [0.5, 0.6) is 0 Å². The van der Waals surface area contributed by atoms with E-state index in [1.54, 1.807) is 0 Å². The van der Waals surface area contributed by atoms with Crippen LogP contribution in [-0.2, 0) is 24.2 Å². The number of carbonyl (C=O) groups is 1. The highest BCUT2D eigenvalue weighted by molar-refractivity contribution is 5.83. The summed E-state index contributed by atoms with van der Waals surface area (Å²) in [6.45, 7) is 0.399. The first-order valence-corrected chi connectivity index (χ1v) is 8.93. The van der Waals surface area contributed by atoms with Crippen molar-refractivity contribution in [3.8, 4) is 0 Å². The van der Waals surface area contributed by atoms with Crippen LogP contribution < -0.4 is 5.32 Å². The summed E-state index contributed by atoms with van der Waals surface area (Å²) in [4.78, 5) is 12.9. The van der Waals surface area contributed by atoms with E-state index in [0.29, 0.717) is 6.54 Å². The monoisotopic (exact) mass is 351 g/mol. The predicted molar refractivity (Wildman–Crippen MR) is 94.1 cm³/mol. The van der Waals surface area contributed by atoms with Gasteiger partial charge in [0.2, 0.25) is 5.91 Å². The number of aromatic amines is 1. The summed E-state index contributed by atoms with van der Waals surface area (Å²) in [7, 11) is 0. The van der Waals surface area contributed by atoms with Crippen LogP contribution in [0.2, 0.25) is 0 Å². The summed E-state index contributed by atoms with van der Waals surface area (Å²) >= 11 is 0. The molecule has 0 saturated carbocycles. The lowest BCUT2D eigenvalue weighted by Gasteiger charge is -2.16. The second kappa shape index (κ2) is 7.47. The Morgan fingerprint density at radius 2 is 2.04 bits per heavy atom. The molecule has 4 rings (SSSR count). The Morgan fingerprint density at radius 1 is 1.19 bits per heavy atom. The summed E-state index contributed by atoms with van der Waals surface area (Å²) in [6, 6.07) is 8.89. The highest BCUT2D eigenvalue weighted by Gasteiger charge is 2.24. The maximum Gasteiger partial charge on any atom is 0.249 e. The van der Waals surface area contributed by atoms with Crippen LogP contribution in [0.4, 0.5) is 0 Å². The lowest BCUT2D eigenvalue weighted by molar-refractivity contribution is -0.123. The molecule has 0 bridgehead atoms. The summed E-state index contributed by atoms with van der Waals surface area (Å²) in [5, 5.41) is 21.8. The van der Waals surface area contributed by atoms with Crippen molar-refractivity contribution >= 4 is 5.91 Å². The van der Waals surface area contributed by atoms with Crippen molar-refractivity contribution < 1.29 is 4.79 Å². The Kier molecular flexibility index (Phi) is 4.72. The molecule has 0 spiro atoms. The van der Waals surface area contributed by atoms with Gasteiger partial charge >= 0.3 is 0 Å². The molecule has 8 heteroatoms. The maximum atomic E-state index is 12.9. The van der Waals surface area contributed by atoms with Crippen LogP contribution in [0.25, 0.3) is 0 Å². The zero-order valence-corrected chi connectivity index (χ0v) is 14.4. The van der Waals surface area contributed by atoms with E-state index >= 15 is 0 Å². The molecule has 0 unspecified atom stereocenters. The average Bonchev–Trinajstić information content (AvgIpc) is 3.26. The molecular formula is C18H21N7O. The van der Waals surface area contributed by atoms with Crippen molar-refractivity contribution in [1.82, 2.24) is 35.7 Å². The molecular weight excluding hydrogens is 330 g/mol. The average molecular weight is 351 g/mol. The number of fused-ring (bicyclic) bond motifs is 1. The van der Waals surface area contributed by atoms with Crippen LogP contribution >= 0.6 is 0 Å². The predicted octanol–water partition coefficient (Wildman–Crippen LogP) is 1.57. The second-order valence-electron chi connectivity index (χ2n) is 6.51. The standard InChI is InChI=1S/C18H21N7O/c26-18(17(25-12-20-23-24-25)13-7-3-1-4-8-13)19-11-16-14-9-5-2-6-10-15(14)21-22-16/h1,3-4,7-8,12,17H,2,5-6,9-11H2,(H,19,26)(H,21,22)/t17-/m1/s1. The van der Waals surface area contributed by atoms with Crippen LogP contribution in [-0.4, -0.2) is 36.3 Å². The van der Waals surface area contributed by atoms with Gasteiger partial charge in [-0.15, -0.1) is 5.10 Å². The smallest absolute Gasteiger partial charge is 0.249 e. The Labute approximate surface area is 151 Å². The molecule has 2 heterocycles. The number of hydrogen-bond donors (Lipinski definition) is 2. The first-order chi connectivity index (χ1) is 12.8. The molecule has 0 radical (unpaired) electrons. The molecule has 1 aliphatic carbocycles. The Bertz CT molecular complexity index is 857. The number of rotatable bonds is 5. The fraction of sp³-hybridized carbons (Fsp3) is 0.389. The van der Waals surface area contributed by atoms with Gasteiger partial charge in [0.25, 0.3) is 0 Å². The largest absolute Gasteiger partial charge is 0.348 e. The van der Waals surface area contributed by atoms with Gasteiger partial charge in [-0.3, -0.25) is 9.89 Å². The second-order valence-corrected chi connectivity index (χ2v) is 6.51. The molecule has 0 saturated heterocycles. The molecule has 134 valence electrons. The lowest BCUT2D eigenvalue weighted by atomic mass is 10.1.